The maximum Gasteiger partial charge on any atom is 0.251 e. The van der Waals surface area contributed by atoms with Gasteiger partial charge in [0.25, 0.3) is 5.91 Å². The molecule has 0 saturated heterocycles. The van der Waals surface area contributed by atoms with Gasteiger partial charge in [-0.2, -0.15) is 0 Å². The van der Waals surface area contributed by atoms with Gasteiger partial charge in [0.15, 0.2) is 5.82 Å². The largest absolute Gasteiger partial charge is 0.382 e. The maximum absolute atomic E-state index is 12.3. The summed E-state index contributed by atoms with van der Waals surface area (Å²) in [5, 5.41) is 14.6. The molecule has 1 heterocycles. The van der Waals surface area contributed by atoms with Gasteiger partial charge < -0.3 is 15.4 Å². The van der Waals surface area contributed by atoms with E-state index in [2.05, 4.69) is 39.9 Å². The number of benzene rings is 2. The van der Waals surface area contributed by atoms with Crippen LogP contribution < -0.4 is 10.6 Å². The average Bonchev–Trinajstić information content (AvgIpc) is 2.75. The van der Waals surface area contributed by atoms with E-state index in [9.17, 15) is 4.79 Å². The third-order valence-corrected chi connectivity index (χ3v) is 4.36. The van der Waals surface area contributed by atoms with Crippen LogP contribution in [0.4, 0.5) is 11.5 Å². The SMILES string of the molecule is CCOCCCNC(=O)c1cccc(Nc2ccc(-c3ccc(C)cc3)nn2)c1. The lowest BCUT2D eigenvalue weighted by Crippen LogP contribution is -2.25. The minimum atomic E-state index is -0.106. The topological polar surface area (TPSA) is 76.1 Å². The standard InChI is InChI=1S/C23H26N4O2/c1-3-29-15-5-14-24-23(28)19-6-4-7-20(16-19)25-22-13-12-21(26-27-22)18-10-8-17(2)9-11-18/h4,6-13,16H,3,5,14-15H2,1-2H3,(H,24,28)(H,25,27). The van der Waals surface area contributed by atoms with Crippen LogP contribution in [0.2, 0.25) is 0 Å². The molecule has 0 spiro atoms. The van der Waals surface area contributed by atoms with Crippen LogP contribution in [0.3, 0.4) is 0 Å². The van der Waals surface area contributed by atoms with Crippen molar-refractivity contribution >= 4 is 17.4 Å². The van der Waals surface area contributed by atoms with Gasteiger partial charge in [-0.05, 0) is 50.6 Å². The average molecular weight is 390 g/mol. The van der Waals surface area contributed by atoms with E-state index in [0.717, 1.165) is 23.4 Å². The van der Waals surface area contributed by atoms with E-state index in [-0.39, 0.29) is 5.91 Å². The van der Waals surface area contributed by atoms with E-state index in [0.29, 0.717) is 31.1 Å². The van der Waals surface area contributed by atoms with E-state index in [1.54, 1.807) is 12.1 Å². The van der Waals surface area contributed by atoms with Gasteiger partial charge in [0.2, 0.25) is 0 Å². The molecule has 3 aromatic rings. The summed E-state index contributed by atoms with van der Waals surface area (Å²) in [6.45, 7) is 5.93. The number of carbonyl (C=O) groups excluding carboxylic acids is 1. The fourth-order valence-corrected chi connectivity index (χ4v) is 2.79. The molecule has 29 heavy (non-hydrogen) atoms. The van der Waals surface area contributed by atoms with Crippen LogP contribution in [0.5, 0.6) is 0 Å². The molecule has 0 bridgehead atoms. The van der Waals surface area contributed by atoms with Gasteiger partial charge in [0, 0.05) is 36.6 Å². The van der Waals surface area contributed by atoms with Crippen LogP contribution in [0, 0.1) is 6.92 Å². The number of hydrogen-bond acceptors (Lipinski definition) is 5. The monoisotopic (exact) mass is 390 g/mol. The zero-order valence-electron chi connectivity index (χ0n) is 16.8. The summed E-state index contributed by atoms with van der Waals surface area (Å²) < 4.78 is 5.27. The van der Waals surface area contributed by atoms with Crippen LogP contribution in [-0.2, 0) is 4.74 Å². The first kappa shape index (κ1) is 20.5. The maximum atomic E-state index is 12.3. The van der Waals surface area contributed by atoms with E-state index < -0.39 is 0 Å². The third-order valence-electron chi connectivity index (χ3n) is 4.36. The van der Waals surface area contributed by atoms with Crippen molar-refractivity contribution in [3.8, 4) is 11.3 Å². The Bertz CT molecular complexity index is 924. The Hall–Kier alpha value is -3.25. The zero-order chi connectivity index (χ0) is 20.5. The second-order valence-corrected chi connectivity index (χ2v) is 6.68. The molecule has 0 aliphatic rings. The number of nitrogens with one attached hydrogen (secondary N) is 2. The summed E-state index contributed by atoms with van der Waals surface area (Å²) in [5.41, 5.74) is 4.42. The number of amides is 1. The van der Waals surface area contributed by atoms with Gasteiger partial charge in [-0.15, -0.1) is 10.2 Å². The number of aromatic nitrogens is 2. The van der Waals surface area contributed by atoms with Crippen molar-refractivity contribution in [1.82, 2.24) is 15.5 Å². The van der Waals surface area contributed by atoms with E-state index >= 15 is 0 Å². The summed E-state index contributed by atoms with van der Waals surface area (Å²) in [7, 11) is 0. The van der Waals surface area contributed by atoms with Gasteiger partial charge in [-0.3, -0.25) is 4.79 Å². The second-order valence-electron chi connectivity index (χ2n) is 6.68. The lowest BCUT2D eigenvalue weighted by Gasteiger charge is -2.09. The van der Waals surface area contributed by atoms with Gasteiger partial charge in [0.05, 0.1) is 5.69 Å². The molecule has 6 nitrogen and oxygen atoms in total. The first-order valence-corrected chi connectivity index (χ1v) is 9.79. The van der Waals surface area contributed by atoms with Gasteiger partial charge in [0.1, 0.15) is 0 Å². The minimum Gasteiger partial charge on any atom is -0.382 e. The normalized spacial score (nSPS) is 10.6. The Labute approximate surface area is 171 Å². The molecular formula is C23H26N4O2. The Morgan fingerprint density at radius 2 is 1.86 bits per heavy atom. The first-order chi connectivity index (χ1) is 14.2. The molecule has 0 atom stereocenters. The highest BCUT2D eigenvalue weighted by atomic mass is 16.5. The van der Waals surface area contributed by atoms with Crippen LogP contribution in [0.15, 0.2) is 60.7 Å². The Morgan fingerprint density at radius 3 is 2.59 bits per heavy atom. The van der Waals surface area contributed by atoms with E-state index in [4.69, 9.17) is 4.74 Å². The number of nitrogens with zero attached hydrogens (tertiary/aromatic N) is 2. The zero-order valence-corrected chi connectivity index (χ0v) is 16.8. The summed E-state index contributed by atoms with van der Waals surface area (Å²) in [5.74, 6) is 0.515. The smallest absolute Gasteiger partial charge is 0.251 e. The van der Waals surface area contributed by atoms with Crippen molar-refractivity contribution in [2.24, 2.45) is 0 Å². The molecule has 1 aromatic heterocycles. The molecule has 0 saturated carbocycles. The molecule has 0 radical (unpaired) electrons. The molecule has 0 fully saturated rings. The lowest BCUT2D eigenvalue weighted by molar-refractivity contribution is 0.0944. The molecule has 6 heteroatoms. The van der Waals surface area contributed by atoms with Crippen molar-refractivity contribution in [2.45, 2.75) is 20.3 Å². The van der Waals surface area contributed by atoms with Gasteiger partial charge >= 0.3 is 0 Å². The highest BCUT2D eigenvalue weighted by Gasteiger charge is 2.07. The lowest BCUT2D eigenvalue weighted by atomic mass is 10.1. The van der Waals surface area contributed by atoms with E-state index in [1.165, 1.54) is 5.56 Å². The molecule has 150 valence electrons. The molecule has 2 N–H and O–H groups in total. The van der Waals surface area contributed by atoms with Crippen molar-refractivity contribution in [3.05, 3.63) is 71.8 Å². The number of ether oxygens (including phenoxy) is 1. The summed E-state index contributed by atoms with van der Waals surface area (Å²) in [6.07, 6.45) is 0.792. The predicted octanol–water partition coefficient (Wildman–Crippen LogP) is 4.35. The van der Waals surface area contributed by atoms with Gasteiger partial charge in [-0.1, -0.05) is 35.9 Å². The van der Waals surface area contributed by atoms with Crippen molar-refractivity contribution < 1.29 is 9.53 Å². The number of hydrogen-bond donors (Lipinski definition) is 2. The summed E-state index contributed by atoms with van der Waals surface area (Å²) >= 11 is 0. The fraction of sp³-hybridized carbons (Fsp3) is 0.261. The molecule has 0 unspecified atom stereocenters. The van der Waals surface area contributed by atoms with E-state index in [1.807, 2.05) is 43.3 Å². The molecule has 3 rings (SSSR count). The molecular weight excluding hydrogens is 364 g/mol. The van der Waals surface area contributed by atoms with Crippen LogP contribution in [0.1, 0.15) is 29.3 Å². The summed E-state index contributed by atoms with van der Waals surface area (Å²) in [6, 6.07) is 19.3. The quantitative estimate of drug-likeness (QED) is 0.531. The highest BCUT2D eigenvalue weighted by Crippen LogP contribution is 2.20. The fourth-order valence-electron chi connectivity index (χ4n) is 2.79. The minimum absolute atomic E-state index is 0.106. The number of anilines is 2. The number of carbonyl (C=O) groups is 1. The van der Waals surface area contributed by atoms with Crippen LogP contribution in [-0.4, -0.2) is 35.9 Å². The van der Waals surface area contributed by atoms with Crippen molar-refractivity contribution in [3.63, 3.8) is 0 Å². The van der Waals surface area contributed by atoms with Crippen molar-refractivity contribution in [2.75, 3.05) is 25.1 Å². The van der Waals surface area contributed by atoms with Gasteiger partial charge in [-0.25, -0.2) is 0 Å². The summed E-state index contributed by atoms with van der Waals surface area (Å²) in [4.78, 5) is 12.3. The van der Waals surface area contributed by atoms with Crippen molar-refractivity contribution in [1.29, 1.82) is 0 Å². The third kappa shape index (κ3) is 6.12. The molecule has 0 aliphatic carbocycles. The van der Waals surface area contributed by atoms with Crippen LogP contribution >= 0.6 is 0 Å². The molecule has 0 aliphatic heterocycles. The molecule has 2 aromatic carbocycles. The first-order valence-electron chi connectivity index (χ1n) is 9.79. The highest BCUT2D eigenvalue weighted by molar-refractivity contribution is 5.95. The Kier molecular flexibility index (Phi) is 7.30. The predicted molar refractivity (Wildman–Crippen MR) is 115 cm³/mol. The number of aryl methyl sites for hydroxylation is 1. The van der Waals surface area contributed by atoms with Crippen LogP contribution in [0.25, 0.3) is 11.3 Å². The molecule has 1 amide bonds. The Balaban J connectivity index is 1.59. The second kappa shape index (κ2) is 10.3. The Morgan fingerprint density at radius 1 is 1.03 bits per heavy atom. The number of rotatable bonds is 9.